The van der Waals surface area contributed by atoms with Crippen molar-refractivity contribution in [1.82, 2.24) is 5.43 Å². The van der Waals surface area contributed by atoms with Crippen molar-refractivity contribution in [2.45, 2.75) is 0 Å². The molecule has 0 saturated heterocycles. The highest BCUT2D eigenvalue weighted by atomic mass is 79.9. The van der Waals surface area contributed by atoms with Gasteiger partial charge < -0.3 is 0 Å². The Hall–Kier alpha value is -0.580. The maximum atomic E-state index is 11.1. The van der Waals surface area contributed by atoms with Crippen molar-refractivity contribution >= 4 is 33.4 Å². The molecule has 0 spiro atoms. The van der Waals surface area contributed by atoms with Gasteiger partial charge in [-0.05, 0) is 28.1 Å². The number of carbonyl (C=O) groups excluding carboxylic acids is 1. The van der Waals surface area contributed by atoms with Gasteiger partial charge in [-0.15, -0.1) is 0 Å². The standard InChI is InChI=1S/C7H6BrClN2O/c8-4-2-1-3-5(9)6(4)7(12)11-10/h1-3H,10H2,(H,11,12). The molecule has 1 rings (SSSR count). The van der Waals surface area contributed by atoms with Crippen molar-refractivity contribution in [3.05, 3.63) is 33.3 Å². The molecule has 12 heavy (non-hydrogen) atoms. The van der Waals surface area contributed by atoms with Crippen LogP contribution in [-0.4, -0.2) is 5.91 Å². The topological polar surface area (TPSA) is 55.1 Å². The average Bonchev–Trinajstić information content (AvgIpc) is 2.03. The van der Waals surface area contributed by atoms with Gasteiger partial charge >= 0.3 is 0 Å². The summed E-state index contributed by atoms with van der Waals surface area (Å²) in [5, 5.41) is 0.368. The SMILES string of the molecule is NNC(=O)c1c(Cl)cccc1Br. The first-order valence-corrected chi connectivity index (χ1v) is 4.29. The molecular weight excluding hydrogens is 243 g/mol. The number of nitrogen functional groups attached to an aromatic ring is 1. The zero-order valence-electron chi connectivity index (χ0n) is 5.97. The number of hydrogen-bond donors (Lipinski definition) is 2. The fourth-order valence-corrected chi connectivity index (χ4v) is 1.71. The molecule has 0 heterocycles. The maximum absolute atomic E-state index is 11.1. The zero-order chi connectivity index (χ0) is 9.14. The molecule has 64 valence electrons. The van der Waals surface area contributed by atoms with Gasteiger partial charge in [0.05, 0.1) is 10.6 Å². The fourth-order valence-electron chi connectivity index (χ4n) is 0.787. The van der Waals surface area contributed by atoms with E-state index in [-0.39, 0.29) is 0 Å². The van der Waals surface area contributed by atoms with Gasteiger partial charge in [0.2, 0.25) is 0 Å². The number of carbonyl (C=O) groups is 1. The molecule has 0 saturated carbocycles. The van der Waals surface area contributed by atoms with E-state index in [1.54, 1.807) is 18.2 Å². The number of rotatable bonds is 1. The monoisotopic (exact) mass is 248 g/mol. The Bertz CT molecular complexity index is 296. The minimum Gasteiger partial charge on any atom is -0.290 e. The lowest BCUT2D eigenvalue weighted by atomic mass is 10.2. The summed E-state index contributed by atoms with van der Waals surface area (Å²) in [5.74, 6) is 4.55. The van der Waals surface area contributed by atoms with E-state index >= 15 is 0 Å². The van der Waals surface area contributed by atoms with Crippen LogP contribution in [0.15, 0.2) is 22.7 Å². The van der Waals surface area contributed by atoms with E-state index in [2.05, 4.69) is 15.9 Å². The fraction of sp³-hybridized carbons (Fsp3) is 0. The first kappa shape index (κ1) is 9.51. The lowest BCUT2D eigenvalue weighted by Crippen LogP contribution is -2.30. The Morgan fingerprint density at radius 1 is 1.58 bits per heavy atom. The van der Waals surface area contributed by atoms with Gasteiger partial charge in [-0.2, -0.15) is 0 Å². The number of hydrazine groups is 1. The van der Waals surface area contributed by atoms with Crippen LogP contribution in [0.5, 0.6) is 0 Å². The summed E-state index contributed by atoms with van der Waals surface area (Å²) < 4.78 is 0.623. The number of nitrogens with one attached hydrogen (secondary N) is 1. The van der Waals surface area contributed by atoms with E-state index < -0.39 is 5.91 Å². The predicted octanol–water partition coefficient (Wildman–Crippen LogP) is 1.71. The Balaban J connectivity index is 3.21. The van der Waals surface area contributed by atoms with Crippen LogP contribution < -0.4 is 11.3 Å². The molecule has 0 aliphatic carbocycles. The molecule has 1 aromatic carbocycles. The Morgan fingerprint density at radius 3 is 2.75 bits per heavy atom. The molecule has 1 amide bonds. The smallest absolute Gasteiger partial charge is 0.267 e. The average molecular weight is 249 g/mol. The highest BCUT2D eigenvalue weighted by Gasteiger charge is 2.11. The van der Waals surface area contributed by atoms with Crippen LogP contribution >= 0.6 is 27.5 Å². The summed E-state index contributed by atoms with van der Waals surface area (Å²) >= 11 is 8.94. The van der Waals surface area contributed by atoms with E-state index in [9.17, 15) is 4.79 Å². The second kappa shape index (κ2) is 3.89. The van der Waals surface area contributed by atoms with Gasteiger partial charge in [-0.3, -0.25) is 10.2 Å². The maximum Gasteiger partial charge on any atom is 0.267 e. The predicted molar refractivity (Wildman–Crippen MR) is 50.8 cm³/mol. The Labute approximate surface area is 83.0 Å². The van der Waals surface area contributed by atoms with Crippen molar-refractivity contribution in [3.8, 4) is 0 Å². The second-order valence-electron chi connectivity index (χ2n) is 2.07. The molecule has 3 nitrogen and oxygen atoms in total. The van der Waals surface area contributed by atoms with Gasteiger partial charge in [0.25, 0.3) is 5.91 Å². The van der Waals surface area contributed by atoms with Crippen LogP contribution in [0.3, 0.4) is 0 Å². The quantitative estimate of drug-likeness (QED) is 0.452. The number of halogens is 2. The molecule has 0 unspecified atom stereocenters. The van der Waals surface area contributed by atoms with Crippen LogP contribution in [0.25, 0.3) is 0 Å². The van der Waals surface area contributed by atoms with Crippen molar-refractivity contribution in [1.29, 1.82) is 0 Å². The van der Waals surface area contributed by atoms with E-state index in [0.29, 0.717) is 15.1 Å². The molecule has 0 aromatic heterocycles. The highest BCUT2D eigenvalue weighted by Crippen LogP contribution is 2.23. The van der Waals surface area contributed by atoms with Gasteiger partial charge in [0.15, 0.2) is 0 Å². The molecular formula is C7H6BrClN2O. The van der Waals surface area contributed by atoms with Gasteiger partial charge in [0.1, 0.15) is 0 Å². The van der Waals surface area contributed by atoms with Gasteiger partial charge in [0, 0.05) is 4.47 Å². The minimum absolute atomic E-state index is 0.349. The molecule has 0 radical (unpaired) electrons. The van der Waals surface area contributed by atoms with Crippen LogP contribution in [0.2, 0.25) is 5.02 Å². The van der Waals surface area contributed by atoms with Gasteiger partial charge in [-0.25, -0.2) is 5.84 Å². The molecule has 1 aromatic rings. The molecule has 0 aliphatic rings. The summed E-state index contributed by atoms with van der Waals surface area (Å²) in [6.07, 6.45) is 0. The molecule has 0 fully saturated rings. The molecule has 0 aliphatic heterocycles. The first-order chi connectivity index (χ1) is 5.66. The molecule has 0 atom stereocenters. The third kappa shape index (κ3) is 1.77. The summed E-state index contributed by atoms with van der Waals surface area (Å²) in [5.41, 5.74) is 2.36. The number of benzene rings is 1. The molecule has 5 heteroatoms. The van der Waals surface area contributed by atoms with Crippen LogP contribution in [0.4, 0.5) is 0 Å². The Kier molecular flexibility index (Phi) is 3.08. The summed E-state index contributed by atoms with van der Waals surface area (Å²) in [6, 6.07) is 5.08. The van der Waals surface area contributed by atoms with E-state index in [4.69, 9.17) is 17.4 Å². The molecule has 0 bridgehead atoms. The number of amides is 1. The van der Waals surface area contributed by atoms with E-state index in [1.165, 1.54) is 0 Å². The number of hydrogen-bond acceptors (Lipinski definition) is 2. The lowest BCUT2D eigenvalue weighted by molar-refractivity contribution is 0.0953. The van der Waals surface area contributed by atoms with Crippen molar-refractivity contribution < 1.29 is 4.79 Å². The number of nitrogens with two attached hydrogens (primary N) is 1. The van der Waals surface area contributed by atoms with E-state index in [0.717, 1.165) is 0 Å². The Morgan fingerprint density at radius 2 is 2.25 bits per heavy atom. The zero-order valence-corrected chi connectivity index (χ0v) is 8.32. The largest absolute Gasteiger partial charge is 0.290 e. The third-order valence-electron chi connectivity index (χ3n) is 1.32. The van der Waals surface area contributed by atoms with Crippen LogP contribution in [0, 0.1) is 0 Å². The lowest BCUT2D eigenvalue weighted by Gasteiger charge is -2.03. The van der Waals surface area contributed by atoms with Crippen LogP contribution in [0.1, 0.15) is 10.4 Å². The molecule has 3 N–H and O–H groups in total. The van der Waals surface area contributed by atoms with Gasteiger partial charge in [-0.1, -0.05) is 17.7 Å². The second-order valence-corrected chi connectivity index (χ2v) is 3.33. The van der Waals surface area contributed by atoms with Crippen LogP contribution in [-0.2, 0) is 0 Å². The highest BCUT2D eigenvalue weighted by molar-refractivity contribution is 9.10. The van der Waals surface area contributed by atoms with Crippen molar-refractivity contribution in [2.24, 2.45) is 5.84 Å². The summed E-state index contributed by atoms with van der Waals surface area (Å²) in [7, 11) is 0. The third-order valence-corrected chi connectivity index (χ3v) is 2.30. The minimum atomic E-state index is -0.410. The summed E-state index contributed by atoms with van der Waals surface area (Å²) in [6.45, 7) is 0. The van der Waals surface area contributed by atoms with Crippen molar-refractivity contribution in [2.75, 3.05) is 0 Å². The van der Waals surface area contributed by atoms with Crippen molar-refractivity contribution in [3.63, 3.8) is 0 Å². The first-order valence-electron chi connectivity index (χ1n) is 3.11. The normalized spacial score (nSPS) is 9.58. The van der Waals surface area contributed by atoms with E-state index in [1.807, 2.05) is 5.43 Å². The summed E-state index contributed by atoms with van der Waals surface area (Å²) in [4.78, 5) is 11.1.